The Kier molecular flexibility index (Phi) is 2.58. The van der Waals surface area contributed by atoms with Gasteiger partial charge >= 0.3 is 11.3 Å². The fraction of sp³-hybridized carbons (Fsp3) is 0.100. The first-order chi connectivity index (χ1) is 12.0. The van der Waals surface area contributed by atoms with E-state index in [1.165, 1.54) is 0 Å². The lowest BCUT2D eigenvalue weighted by atomic mass is 10.0. The van der Waals surface area contributed by atoms with E-state index < -0.39 is 11.3 Å². The van der Waals surface area contributed by atoms with Crippen LogP contribution in [0.3, 0.4) is 0 Å². The third-order valence-electron chi connectivity index (χ3n) is 4.52. The van der Waals surface area contributed by atoms with Gasteiger partial charge in [0.1, 0.15) is 16.6 Å². The van der Waals surface area contributed by atoms with Crippen molar-refractivity contribution in [3.8, 4) is 0 Å². The number of rotatable bonds is 0. The summed E-state index contributed by atoms with van der Waals surface area (Å²) in [6, 6.07) is 11.0. The lowest BCUT2D eigenvalue weighted by Crippen LogP contribution is -2.06. The topological polar surface area (TPSA) is 73.6 Å². The maximum absolute atomic E-state index is 12.7. The third kappa shape index (κ3) is 1.78. The van der Waals surface area contributed by atoms with E-state index >= 15 is 0 Å². The minimum atomic E-state index is -0.607. The van der Waals surface area contributed by atoms with Gasteiger partial charge in [-0.2, -0.15) is 0 Å². The van der Waals surface area contributed by atoms with Crippen molar-refractivity contribution in [3.63, 3.8) is 0 Å². The van der Waals surface area contributed by atoms with Gasteiger partial charge < -0.3 is 13.3 Å². The lowest BCUT2D eigenvalue weighted by molar-refractivity contribution is 0.533. The molecule has 25 heavy (non-hydrogen) atoms. The van der Waals surface area contributed by atoms with Crippen molar-refractivity contribution in [2.45, 2.75) is 13.8 Å². The van der Waals surface area contributed by atoms with Gasteiger partial charge in [-0.15, -0.1) is 0 Å². The first-order valence-corrected chi connectivity index (χ1v) is 7.87. The Morgan fingerprint density at radius 3 is 2.32 bits per heavy atom. The number of fused-ring (bicyclic) bond motifs is 7. The fourth-order valence-electron chi connectivity index (χ4n) is 3.53. The smallest absolute Gasteiger partial charge is 0.380 e. The Balaban J connectivity index is 2.20. The minimum Gasteiger partial charge on any atom is -0.448 e. The molecule has 5 nitrogen and oxygen atoms in total. The zero-order valence-electron chi connectivity index (χ0n) is 13.5. The summed E-state index contributed by atoms with van der Waals surface area (Å²) in [5, 5.41) is 1.97. The van der Waals surface area contributed by atoms with E-state index in [2.05, 4.69) is 0 Å². The van der Waals surface area contributed by atoms with Crippen LogP contribution in [0.2, 0.25) is 0 Å². The summed E-state index contributed by atoms with van der Waals surface area (Å²) < 4.78 is 16.7. The molecule has 0 saturated carbocycles. The Hall–Kier alpha value is -3.34. The average molecular weight is 332 g/mol. The van der Waals surface area contributed by atoms with Crippen LogP contribution < -0.4 is 11.3 Å². The summed E-state index contributed by atoms with van der Waals surface area (Å²) in [6.45, 7) is 3.79. The second kappa shape index (κ2) is 4.60. The quantitative estimate of drug-likeness (QED) is 0.310. The highest BCUT2D eigenvalue weighted by Gasteiger charge is 2.21. The molecule has 0 fully saturated rings. The zero-order valence-corrected chi connectivity index (χ0v) is 13.5. The molecule has 0 saturated heterocycles. The standard InChI is InChI=1S/C20H12O5/c1-9-7-10(2)16-12(8-9)17-15(19(21)24-16)14-11-5-3-4-6-13(11)23-18(14)20(22)25-17/h3-8H,1-2H3. The van der Waals surface area contributed by atoms with Crippen molar-refractivity contribution in [3.05, 3.63) is 68.4 Å². The molecule has 3 aromatic heterocycles. The zero-order chi connectivity index (χ0) is 17.3. The second-order valence-electron chi connectivity index (χ2n) is 6.24. The summed E-state index contributed by atoms with van der Waals surface area (Å²) in [5.74, 6) is 0. The second-order valence-corrected chi connectivity index (χ2v) is 6.24. The van der Waals surface area contributed by atoms with Crippen LogP contribution in [0.25, 0.3) is 43.9 Å². The van der Waals surface area contributed by atoms with Gasteiger partial charge in [0, 0.05) is 5.39 Å². The molecule has 5 rings (SSSR count). The van der Waals surface area contributed by atoms with Gasteiger partial charge in [0.2, 0.25) is 5.58 Å². The van der Waals surface area contributed by atoms with E-state index in [0.717, 1.165) is 11.1 Å². The molecule has 0 amide bonds. The number of aryl methyl sites for hydroxylation is 2. The number of benzene rings is 2. The van der Waals surface area contributed by atoms with E-state index in [4.69, 9.17) is 13.3 Å². The predicted molar refractivity (Wildman–Crippen MR) is 95.3 cm³/mol. The van der Waals surface area contributed by atoms with Crippen LogP contribution in [0.15, 0.2) is 59.2 Å². The minimum absolute atomic E-state index is 0.0322. The molecular formula is C20H12O5. The maximum atomic E-state index is 12.7. The van der Waals surface area contributed by atoms with E-state index in [1.54, 1.807) is 12.1 Å². The largest absolute Gasteiger partial charge is 0.448 e. The van der Waals surface area contributed by atoms with Crippen molar-refractivity contribution in [1.82, 2.24) is 0 Å². The lowest BCUT2D eigenvalue weighted by Gasteiger charge is -2.05. The molecule has 5 heteroatoms. The maximum Gasteiger partial charge on any atom is 0.380 e. The highest BCUT2D eigenvalue weighted by molar-refractivity contribution is 6.20. The van der Waals surface area contributed by atoms with Crippen LogP contribution in [0, 0.1) is 13.8 Å². The molecule has 0 bridgehead atoms. The molecule has 0 aliphatic rings. The van der Waals surface area contributed by atoms with Gasteiger partial charge in [-0.3, -0.25) is 0 Å². The van der Waals surface area contributed by atoms with Crippen LogP contribution >= 0.6 is 0 Å². The Morgan fingerprint density at radius 1 is 0.720 bits per heavy atom. The Bertz CT molecular complexity index is 1450. The normalized spacial score (nSPS) is 11.9. The number of furan rings is 1. The highest BCUT2D eigenvalue weighted by atomic mass is 16.4. The van der Waals surface area contributed by atoms with E-state index in [-0.39, 0.29) is 16.6 Å². The molecule has 2 aromatic carbocycles. The Morgan fingerprint density at radius 2 is 1.48 bits per heavy atom. The Labute approximate surface area is 140 Å². The molecule has 122 valence electrons. The molecule has 0 unspecified atom stereocenters. The molecule has 3 heterocycles. The van der Waals surface area contributed by atoms with Gasteiger partial charge in [-0.05, 0) is 37.1 Å². The number of hydrogen-bond acceptors (Lipinski definition) is 5. The fourth-order valence-corrected chi connectivity index (χ4v) is 3.53. The summed E-state index contributed by atoms with van der Waals surface area (Å²) in [7, 11) is 0. The van der Waals surface area contributed by atoms with Crippen LogP contribution in [0.1, 0.15) is 11.1 Å². The average Bonchev–Trinajstić information content (AvgIpc) is 2.96. The van der Waals surface area contributed by atoms with Gasteiger partial charge in [-0.25, -0.2) is 9.59 Å². The SMILES string of the molecule is Cc1cc(C)c2oc(=O)c3c(oc(=O)c4oc5ccccc5c43)c2c1. The van der Waals surface area contributed by atoms with Gasteiger partial charge in [0.05, 0.1) is 10.8 Å². The van der Waals surface area contributed by atoms with Gasteiger partial charge in [0.25, 0.3) is 0 Å². The summed E-state index contributed by atoms with van der Waals surface area (Å²) in [4.78, 5) is 25.2. The van der Waals surface area contributed by atoms with E-state index in [1.807, 2.05) is 38.1 Å². The molecule has 0 atom stereocenters. The molecular weight excluding hydrogens is 320 g/mol. The van der Waals surface area contributed by atoms with E-state index in [9.17, 15) is 9.59 Å². The predicted octanol–water partition coefficient (Wildman–Crippen LogP) is 4.42. The monoisotopic (exact) mass is 332 g/mol. The van der Waals surface area contributed by atoms with Crippen molar-refractivity contribution in [1.29, 1.82) is 0 Å². The summed E-state index contributed by atoms with van der Waals surface area (Å²) >= 11 is 0. The molecule has 0 N–H and O–H groups in total. The van der Waals surface area contributed by atoms with Gasteiger partial charge in [-0.1, -0.05) is 24.3 Å². The van der Waals surface area contributed by atoms with E-state index in [0.29, 0.717) is 27.3 Å². The summed E-state index contributed by atoms with van der Waals surface area (Å²) in [6.07, 6.45) is 0. The molecule has 0 spiro atoms. The van der Waals surface area contributed by atoms with Crippen LogP contribution in [-0.2, 0) is 0 Å². The molecule has 0 aliphatic carbocycles. The summed E-state index contributed by atoms with van der Waals surface area (Å²) in [5.41, 5.74) is 1.87. The van der Waals surface area contributed by atoms with Crippen LogP contribution in [0.5, 0.6) is 0 Å². The molecule has 0 radical (unpaired) electrons. The van der Waals surface area contributed by atoms with Crippen molar-refractivity contribution >= 4 is 43.9 Å². The van der Waals surface area contributed by atoms with Crippen molar-refractivity contribution in [2.24, 2.45) is 0 Å². The van der Waals surface area contributed by atoms with Crippen LogP contribution in [-0.4, -0.2) is 0 Å². The first kappa shape index (κ1) is 14.0. The van der Waals surface area contributed by atoms with Crippen molar-refractivity contribution in [2.75, 3.05) is 0 Å². The number of para-hydroxylation sites is 1. The van der Waals surface area contributed by atoms with Gasteiger partial charge in [0.15, 0.2) is 5.58 Å². The first-order valence-electron chi connectivity index (χ1n) is 7.87. The van der Waals surface area contributed by atoms with Crippen molar-refractivity contribution < 1.29 is 13.3 Å². The molecule has 5 aromatic rings. The third-order valence-corrected chi connectivity index (χ3v) is 4.52. The number of hydrogen-bond donors (Lipinski definition) is 0. The molecule has 0 aliphatic heterocycles. The highest BCUT2D eigenvalue weighted by Crippen LogP contribution is 2.34. The van der Waals surface area contributed by atoms with Crippen LogP contribution in [0.4, 0.5) is 0 Å².